The number of hydrogen-bond acceptors (Lipinski definition) is 0. The van der Waals surface area contributed by atoms with E-state index >= 15 is 0 Å². The third-order valence-corrected chi connectivity index (χ3v) is 3.08. The molecule has 0 rings (SSSR count). The molecule has 0 nitrogen and oxygen atoms in total. The van der Waals surface area contributed by atoms with Crippen molar-refractivity contribution < 1.29 is 0 Å². The Morgan fingerprint density at radius 3 is 1.69 bits per heavy atom. The molecule has 0 heteroatoms. The van der Waals surface area contributed by atoms with Gasteiger partial charge in [-0.1, -0.05) is 66.7 Å². The first kappa shape index (κ1) is 13.0. The van der Waals surface area contributed by atoms with Crippen LogP contribution in [-0.2, 0) is 0 Å². The molecule has 0 amide bonds. The minimum atomic E-state index is 0.866. The second-order valence-corrected chi connectivity index (χ2v) is 5.25. The van der Waals surface area contributed by atoms with Crippen LogP contribution in [0.4, 0.5) is 0 Å². The fraction of sp³-hybridized carbons (Fsp3) is 1.00. The van der Waals surface area contributed by atoms with E-state index in [9.17, 15) is 0 Å². The molecule has 0 aromatic heterocycles. The third kappa shape index (κ3) is 8.33. The molecular weight excluding hydrogens is 156 g/mol. The average molecular weight is 184 g/mol. The lowest BCUT2D eigenvalue weighted by Gasteiger charge is -2.14. The fourth-order valence-corrected chi connectivity index (χ4v) is 1.53. The monoisotopic (exact) mass is 184 g/mol. The van der Waals surface area contributed by atoms with Crippen LogP contribution in [0.15, 0.2) is 0 Å². The Balaban J connectivity index is 3.16. The summed E-state index contributed by atoms with van der Waals surface area (Å²) in [6, 6.07) is 0. The van der Waals surface area contributed by atoms with Crippen molar-refractivity contribution in [2.45, 2.75) is 66.7 Å². The molecule has 1 atom stereocenters. The molecule has 0 unspecified atom stereocenters. The Morgan fingerprint density at radius 1 is 0.692 bits per heavy atom. The topological polar surface area (TPSA) is 0 Å². The zero-order valence-corrected chi connectivity index (χ0v) is 10.3. The highest BCUT2D eigenvalue weighted by Gasteiger charge is 2.05. The van der Waals surface area contributed by atoms with E-state index in [-0.39, 0.29) is 0 Å². The van der Waals surface area contributed by atoms with Gasteiger partial charge in [0, 0.05) is 0 Å². The van der Waals surface area contributed by atoms with E-state index in [4.69, 9.17) is 0 Å². The summed E-state index contributed by atoms with van der Waals surface area (Å²) < 4.78 is 0. The molecule has 0 aromatic rings. The molecule has 0 bridgehead atoms. The highest BCUT2D eigenvalue weighted by atomic mass is 14.1. The second-order valence-electron chi connectivity index (χ2n) is 5.25. The van der Waals surface area contributed by atoms with Crippen LogP contribution in [0.1, 0.15) is 66.7 Å². The number of hydrogen-bond donors (Lipinski definition) is 0. The molecule has 0 aliphatic heterocycles. The Hall–Kier alpha value is 0. The molecule has 13 heavy (non-hydrogen) atoms. The van der Waals surface area contributed by atoms with Gasteiger partial charge in [0.05, 0.1) is 0 Å². The van der Waals surface area contributed by atoms with Gasteiger partial charge in [0.15, 0.2) is 0 Å². The third-order valence-electron chi connectivity index (χ3n) is 3.08. The summed E-state index contributed by atoms with van der Waals surface area (Å²) in [6.07, 6.45) is 7.15. The predicted molar refractivity (Wildman–Crippen MR) is 61.9 cm³/mol. The van der Waals surface area contributed by atoms with Crippen molar-refractivity contribution in [1.29, 1.82) is 0 Å². The Bertz CT molecular complexity index is 103. The van der Waals surface area contributed by atoms with E-state index in [1.54, 1.807) is 0 Å². The average Bonchev–Trinajstić information content (AvgIpc) is 2.02. The van der Waals surface area contributed by atoms with Crippen molar-refractivity contribution in [3.63, 3.8) is 0 Å². The van der Waals surface area contributed by atoms with E-state index in [1.165, 1.54) is 32.1 Å². The van der Waals surface area contributed by atoms with E-state index in [0.29, 0.717) is 0 Å². The van der Waals surface area contributed by atoms with Crippen molar-refractivity contribution in [1.82, 2.24) is 0 Å². The summed E-state index contributed by atoms with van der Waals surface area (Å²) in [5.41, 5.74) is 0. The van der Waals surface area contributed by atoms with Crippen molar-refractivity contribution in [3.8, 4) is 0 Å². The van der Waals surface area contributed by atoms with Crippen LogP contribution in [0.2, 0.25) is 0 Å². The van der Waals surface area contributed by atoms with Crippen molar-refractivity contribution in [3.05, 3.63) is 0 Å². The molecule has 0 radical (unpaired) electrons. The molecular formula is C13H28. The highest BCUT2D eigenvalue weighted by Crippen LogP contribution is 2.18. The Kier molecular flexibility index (Phi) is 7.41. The molecule has 0 N–H and O–H groups in total. The quantitative estimate of drug-likeness (QED) is 0.494. The van der Waals surface area contributed by atoms with E-state index in [0.717, 1.165) is 17.8 Å². The first-order chi connectivity index (χ1) is 6.04. The largest absolute Gasteiger partial charge is 0.0628 e. The molecule has 0 aromatic carbocycles. The van der Waals surface area contributed by atoms with Crippen LogP contribution in [0.25, 0.3) is 0 Å². The van der Waals surface area contributed by atoms with Crippen molar-refractivity contribution >= 4 is 0 Å². The molecule has 0 heterocycles. The first-order valence-electron chi connectivity index (χ1n) is 6.04. The van der Waals surface area contributed by atoms with Gasteiger partial charge >= 0.3 is 0 Å². The van der Waals surface area contributed by atoms with Crippen molar-refractivity contribution in [2.24, 2.45) is 17.8 Å². The lowest BCUT2D eigenvalue weighted by Crippen LogP contribution is -2.03. The second kappa shape index (κ2) is 7.41. The summed E-state index contributed by atoms with van der Waals surface area (Å²) >= 11 is 0. The van der Waals surface area contributed by atoms with Crippen LogP contribution in [0, 0.1) is 17.8 Å². The van der Waals surface area contributed by atoms with Crippen LogP contribution in [0.5, 0.6) is 0 Å². The van der Waals surface area contributed by atoms with Gasteiger partial charge in [-0.15, -0.1) is 0 Å². The molecule has 0 aliphatic rings. The highest BCUT2D eigenvalue weighted by molar-refractivity contribution is 4.57. The van der Waals surface area contributed by atoms with Gasteiger partial charge in [-0.25, -0.2) is 0 Å². The zero-order valence-electron chi connectivity index (χ0n) is 10.3. The summed E-state index contributed by atoms with van der Waals surface area (Å²) in [5, 5.41) is 0. The lowest BCUT2D eigenvalue weighted by molar-refractivity contribution is 0.372. The maximum Gasteiger partial charge on any atom is -0.0420 e. The lowest BCUT2D eigenvalue weighted by atomic mass is 9.92. The van der Waals surface area contributed by atoms with Gasteiger partial charge in [-0.2, -0.15) is 0 Å². The maximum absolute atomic E-state index is 2.38. The zero-order chi connectivity index (χ0) is 10.3. The smallest absolute Gasteiger partial charge is 0.0420 e. The van der Waals surface area contributed by atoms with Crippen LogP contribution < -0.4 is 0 Å². The summed E-state index contributed by atoms with van der Waals surface area (Å²) in [7, 11) is 0. The first-order valence-corrected chi connectivity index (χ1v) is 6.04. The fourth-order valence-electron chi connectivity index (χ4n) is 1.53. The minimum Gasteiger partial charge on any atom is -0.0628 e. The minimum absolute atomic E-state index is 0.866. The van der Waals surface area contributed by atoms with E-state index < -0.39 is 0 Å². The van der Waals surface area contributed by atoms with Crippen LogP contribution in [-0.4, -0.2) is 0 Å². The molecule has 0 aliphatic carbocycles. The van der Waals surface area contributed by atoms with Gasteiger partial charge in [-0.3, -0.25) is 0 Å². The SMILES string of the molecule is CC(C)CCCCC[C@@H](C)C(C)C. The van der Waals surface area contributed by atoms with E-state index in [1.807, 2.05) is 0 Å². The normalized spacial score (nSPS) is 14.1. The molecule has 80 valence electrons. The van der Waals surface area contributed by atoms with Gasteiger partial charge < -0.3 is 0 Å². The number of rotatable bonds is 7. The standard InChI is InChI=1S/C13H28/c1-11(2)9-7-6-8-10-13(5)12(3)4/h11-13H,6-10H2,1-5H3/t13-/m1/s1. The summed E-state index contributed by atoms with van der Waals surface area (Å²) in [4.78, 5) is 0. The number of unbranched alkanes of at least 4 members (excludes halogenated alkanes) is 2. The van der Waals surface area contributed by atoms with Gasteiger partial charge in [0.2, 0.25) is 0 Å². The Morgan fingerprint density at radius 2 is 1.23 bits per heavy atom. The molecule has 0 spiro atoms. The van der Waals surface area contributed by atoms with E-state index in [2.05, 4.69) is 34.6 Å². The van der Waals surface area contributed by atoms with Gasteiger partial charge in [0.1, 0.15) is 0 Å². The van der Waals surface area contributed by atoms with Crippen LogP contribution in [0.3, 0.4) is 0 Å². The van der Waals surface area contributed by atoms with Gasteiger partial charge in [-0.05, 0) is 17.8 Å². The molecule has 0 saturated heterocycles. The maximum atomic E-state index is 2.38. The Labute approximate surface area is 85.1 Å². The molecule has 0 fully saturated rings. The summed E-state index contributed by atoms with van der Waals surface area (Å²) in [6.45, 7) is 11.7. The van der Waals surface area contributed by atoms with Crippen LogP contribution >= 0.6 is 0 Å². The molecule has 0 saturated carbocycles. The van der Waals surface area contributed by atoms with Crippen molar-refractivity contribution in [2.75, 3.05) is 0 Å². The van der Waals surface area contributed by atoms with Gasteiger partial charge in [0.25, 0.3) is 0 Å². The predicted octanol–water partition coefficient (Wildman–Crippen LogP) is 4.89. The summed E-state index contributed by atoms with van der Waals surface area (Å²) in [5.74, 6) is 2.67.